The van der Waals surface area contributed by atoms with Gasteiger partial charge in [0, 0.05) is 13.3 Å². The molecule has 0 saturated carbocycles. The molecule has 0 aromatic carbocycles. The number of hydrogen-bond acceptors (Lipinski definition) is 3. The summed E-state index contributed by atoms with van der Waals surface area (Å²) in [6.45, 7) is 3.11. The maximum absolute atomic E-state index is 10.4. The third kappa shape index (κ3) is 8.88. The molecule has 62 valence electrons. The van der Waals surface area contributed by atoms with Crippen molar-refractivity contribution >= 4 is 11.8 Å². The highest BCUT2D eigenvalue weighted by molar-refractivity contribution is 5.76. The summed E-state index contributed by atoms with van der Waals surface area (Å²) in [5.74, 6) is -0.207. The Bertz CT molecular complexity index is 170. The van der Waals surface area contributed by atoms with Crippen molar-refractivity contribution in [2.24, 2.45) is 0 Å². The molecule has 0 fully saturated rings. The number of hydrogen-bond donors (Lipinski definition) is 0. The zero-order chi connectivity index (χ0) is 8.69. The van der Waals surface area contributed by atoms with E-state index in [0.717, 1.165) is 0 Å². The maximum atomic E-state index is 10.4. The lowest BCUT2D eigenvalue weighted by Crippen LogP contribution is -1.97. The van der Waals surface area contributed by atoms with Gasteiger partial charge >= 0.3 is 5.97 Å². The van der Waals surface area contributed by atoms with E-state index < -0.39 is 0 Å². The smallest absolute Gasteiger partial charge is 0.302 e. The van der Waals surface area contributed by atoms with Gasteiger partial charge in [0.1, 0.15) is 12.4 Å². The van der Waals surface area contributed by atoms with Crippen LogP contribution < -0.4 is 0 Å². The number of ketones is 1. The number of allylic oxidation sites excluding steroid dienone is 1. The fourth-order valence-electron chi connectivity index (χ4n) is 0.483. The van der Waals surface area contributed by atoms with Gasteiger partial charge in [0.25, 0.3) is 0 Å². The normalized spacial score (nSPS) is 10.0. The average Bonchev–Trinajstić information content (AvgIpc) is 1.85. The Morgan fingerprint density at radius 3 is 2.36 bits per heavy atom. The monoisotopic (exact) mass is 156 g/mol. The van der Waals surface area contributed by atoms with Gasteiger partial charge in [0.05, 0.1) is 0 Å². The van der Waals surface area contributed by atoms with Crippen LogP contribution in [0, 0.1) is 0 Å². The summed E-state index contributed by atoms with van der Waals surface area (Å²) >= 11 is 0. The van der Waals surface area contributed by atoms with Crippen LogP contribution in [0.15, 0.2) is 12.2 Å². The molecule has 0 aliphatic heterocycles. The molecule has 0 atom stereocenters. The summed E-state index contributed by atoms with van der Waals surface area (Å²) in [4.78, 5) is 20.6. The Morgan fingerprint density at radius 1 is 1.27 bits per heavy atom. The van der Waals surface area contributed by atoms with Crippen LogP contribution in [-0.2, 0) is 14.3 Å². The second kappa shape index (κ2) is 5.65. The van der Waals surface area contributed by atoms with Crippen molar-refractivity contribution in [1.82, 2.24) is 0 Å². The number of Topliss-reactive ketones (excluding diaryl/α,β-unsaturated/α-hetero) is 1. The van der Waals surface area contributed by atoms with Gasteiger partial charge < -0.3 is 4.74 Å². The molecule has 0 bridgehead atoms. The predicted octanol–water partition coefficient (Wildman–Crippen LogP) is 1.08. The molecule has 0 aliphatic rings. The van der Waals surface area contributed by atoms with Crippen LogP contribution in [0.1, 0.15) is 20.3 Å². The highest BCUT2D eigenvalue weighted by atomic mass is 16.5. The third-order valence-electron chi connectivity index (χ3n) is 0.955. The topological polar surface area (TPSA) is 43.4 Å². The maximum Gasteiger partial charge on any atom is 0.302 e. The van der Waals surface area contributed by atoms with Crippen LogP contribution in [-0.4, -0.2) is 18.4 Å². The molecule has 0 heterocycles. The highest BCUT2D eigenvalue weighted by Gasteiger charge is 1.88. The molecule has 0 aliphatic carbocycles. The quantitative estimate of drug-likeness (QED) is 0.452. The van der Waals surface area contributed by atoms with E-state index in [-0.39, 0.29) is 18.4 Å². The van der Waals surface area contributed by atoms with Gasteiger partial charge in [-0.3, -0.25) is 9.59 Å². The Morgan fingerprint density at radius 2 is 1.91 bits per heavy atom. The van der Waals surface area contributed by atoms with Gasteiger partial charge in [-0.1, -0.05) is 12.2 Å². The van der Waals surface area contributed by atoms with E-state index in [1.807, 2.05) is 0 Å². The summed E-state index contributed by atoms with van der Waals surface area (Å²) in [6.07, 6.45) is 3.75. The van der Waals surface area contributed by atoms with E-state index in [0.29, 0.717) is 6.42 Å². The first-order valence-electron chi connectivity index (χ1n) is 3.40. The van der Waals surface area contributed by atoms with Crippen molar-refractivity contribution in [2.75, 3.05) is 6.61 Å². The first-order chi connectivity index (χ1) is 5.13. The standard InChI is InChI=1S/C8H12O3/c1-7(9)5-3-4-6-11-8(2)10/h3-4H,5-6H2,1-2H3/b4-3+. The Kier molecular flexibility index (Phi) is 5.07. The van der Waals surface area contributed by atoms with Crippen LogP contribution in [0.4, 0.5) is 0 Å². The molecule has 0 unspecified atom stereocenters. The molecule has 0 N–H and O–H groups in total. The minimum absolute atomic E-state index is 0.101. The lowest BCUT2D eigenvalue weighted by molar-refractivity contribution is -0.139. The summed E-state index contributed by atoms with van der Waals surface area (Å²) in [7, 11) is 0. The average molecular weight is 156 g/mol. The van der Waals surface area contributed by atoms with Crippen molar-refractivity contribution < 1.29 is 14.3 Å². The van der Waals surface area contributed by atoms with E-state index in [9.17, 15) is 9.59 Å². The molecule has 0 rings (SSSR count). The number of rotatable bonds is 4. The molecule has 3 heteroatoms. The largest absolute Gasteiger partial charge is 0.462 e. The van der Waals surface area contributed by atoms with E-state index in [1.165, 1.54) is 13.8 Å². The molecular weight excluding hydrogens is 144 g/mol. The Labute approximate surface area is 66.0 Å². The summed E-state index contributed by atoms with van der Waals surface area (Å²) in [6, 6.07) is 0. The van der Waals surface area contributed by atoms with E-state index in [4.69, 9.17) is 0 Å². The van der Waals surface area contributed by atoms with Gasteiger partial charge in [-0.05, 0) is 6.92 Å². The zero-order valence-corrected chi connectivity index (χ0v) is 6.79. The molecule has 3 nitrogen and oxygen atoms in total. The highest BCUT2D eigenvalue weighted by Crippen LogP contribution is 1.85. The number of carbonyl (C=O) groups excluding carboxylic acids is 2. The fraction of sp³-hybridized carbons (Fsp3) is 0.500. The van der Waals surface area contributed by atoms with Crippen molar-refractivity contribution in [3.63, 3.8) is 0 Å². The van der Waals surface area contributed by atoms with Crippen LogP contribution in [0.5, 0.6) is 0 Å². The van der Waals surface area contributed by atoms with Gasteiger partial charge in [-0.15, -0.1) is 0 Å². The molecule has 11 heavy (non-hydrogen) atoms. The minimum atomic E-state index is -0.308. The van der Waals surface area contributed by atoms with E-state index in [2.05, 4.69) is 4.74 Å². The second-order valence-corrected chi connectivity index (χ2v) is 2.18. The van der Waals surface area contributed by atoms with Crippen molar-refractivity contribution in [1.29, 1.82) is 0 Å². The van der Waals surface area contributed by atoms with Crippen molar-refractivity contribution in [3.05, 3.63) is 12.2 Å². The summed E-state index contributed by atoms with van der Waals surface area (Å²) < 4.78 is 4.59. The summed E-state index contributed by atoms with van der Waals surface area (Å²) in [5.41, 5.74) is 0. The van der Waals surface area contributed by atoms with Crippen LogP contribution in [0.3, 0.4) is 0 Å². The third-order valence-corrected chi connectivity index (χ3v) is 0.955. The Hall–Kier alpha value is -1.12. The molecule has 0 spiro atoms. The van der Waals surface area contributed by atoms with Crippen LogP contribution >= 0.6 is 0 Å². The van der Waals surface area contributed by atoms with Gasteiger partial charge in [0.2, 0.25) is 0 Å². The lowest BCUT2D eigenvalue weighted by atomic mass is 10.3. The van der Waals surface area contributed by atoms with Crippen LogP contribution in [0.2, 0.25) is 0 Å². The summed E-state index contributed by atoms with van der Waals surface area (Å²) in [5, 5.41) is 0. The fourth-order valence-corrected chi connectivity index (χ4v) is 0.483. The van der Waals surface area contributed by atoms with E-state index >= 15 is 0 Å². The first-order valence-corrected chi connectivity index (χ1v) is 3.40. The van der Waals surface area contributed by atoms with Gasteiger partial charge in [-0.25, -0.2) is 0 Å². The number of esters is 1. The number of ether oxygens (including phenoxy) is 1. The number of carbonyl (C=O) groups is 2. The molecule has 0 saturated heterocycles. The van der Waals surface area contributed by atoms with Crippen molar-refractivity contribution in [3.8, 4) is 0 Å². The minimum Gasteiger partial charge on any atom is -0.462 e. The molecule has 0 amide bonds. The SMILES string of the molecule is CC(=O)C/C=C/COC(C)=O. The zero-order valence-electron chi connectivity index (χ0n) is 6.79. The van der Waals surface area contributed by atoms with Crippen molar-refractivity contribution in [2.45, 2.75) is 20.3 Å². The van der Waals surface area contributed by atoms with E-state index in [1.54, 1.807) is 12.2 Å². The predicted molar refractivity (Wildman–Crippen MR) is 41.1 cm³/mol. The van der Waals surface area contributed by atoms with Gasteiger partial charge in [-0.2, -0.15) is 0 Å². The lowest BCUT2D eigenvalue weighted by Gasteiger charge is -1.93. The second-order valence-electron chi connectivity index (χ2n) is 2.18. The van der Waals surface area contributed by atoms with Gasteiger partial charge in [0.15, 0.2) is 0 Å². The van der Waals surface area contributed by atoms with Crippen LogP contribution in [0.25, 0.3) is 0 Å². The first kappa shape index (κ1) is 9.88. The Balaban J connectivity index is 3.30. The molecule has 0 radical (unpaired) electrons. The molecule has 0 aromatic rings. The molecule has 0 aromatic heterocycles. The molecular formula is C8H12O3.